The second-order valence-electron chi connectivity index (χ2n) is 4.44. The molecule has 20 heavy (non-hydrogen) atoms. The van der Waals surface area contributed by atoms with Crippen molar-refractivity contribution in [2.45, 2.75) is 13.5 Å². The molecule has 0 saturated heterocycles. The fourth-order valence-corrected chi connectivity index (χ4v) is 1.72. The number of ether oxygens (including phenoxy) is 2. The van der Waals surface area contributed by atoms with Gasteiger partial charge in [-0.3, -0.25) is 0 Å². The van der Waals surface area contributed by atoms with Gasteiger partial charge in [-0.25, -0.2) is 4.79 Å². The average molecular weight is 272 g/mol. The summed E-state index contributed by atoms with van der Waals surface area (Å²) in [5.74, 6) is -0.216. The van der Waals surface area contributed by atoms with Crippen molar-refractivity contribution in [3.05, 3.63) is 59.2 Å². The van der Waals surface area contributed by atoms with Gasteiger partial charge in [0, 0.05) is 0 Å². The first kappa shape index (κ1) is 13.9. The number of carbonyl (C=O) groups excluding carboxylic acids is 1. The van der Waals surface area contributed by atoms with E-state index in [2.05, 4.69) is 0 Å². The van der Waals surface area contributed by atoms with Crippen LogP contribution in [-0.4, -0.2) is 18.2 Å². The SMILES string of the molecule is COc1ccc(O)c(C(=O)OCc2ccc(C)cc2)c1. The highest BCUT2D eigenvalue weighted by molar-refractivity contribution is 5.92. The van der Waals surface area contributed by atoms with Crippen LogP contribution in [0.25, 0.3) is 0 Å². The zero-order valence-corrected chi connectivity index (χ0v) is 11.4. The number of hydrogen-bond acceptors (Lipinski definition) is 4. The van der Waals surface area contributed by atoms with Crippen molar-refractivity contribution in [3.63, 3.8) is 0 Å². The molecule has 0 heterocycles. The van der Waals surface area contributed by atoms with Crippen LogP contribution < -0.4 is 4.74 Å². The summed E-state index contributed by atoms with van der Waals surface area (Å²) < 4.78 is 10.2. The first-order chi connectivity index (χ1) is 9.60. The van der Waals surface area contributed by atoms with Crippen molar-refractivity contribution in [3.8, 4) is 11.5 Å². The Labute approximate surface area is 117 Å². The highest BCUT2D eigenvalue weighted by Gasteiger charge is 2.14. The van der Waals surface area contributed by atoms with Crippen molar-refractivity contribution in [2.24, 2.45) is 0 Å². The number of aromatic hydroxyl groups is 1. The summed E-state index contributed by atoms with van der Waals surface area (Å²) in [6, 6.07) is 12.1. The third kappa shape index (κ3) is 3.29. The number of rotatable bonds is 4. The highest BCUT2D eigenvalue weighted by Crippen LogP contribution is 2.23. The van der Waals surface area contributed by atoms with Gasteiger partial charge in [0.15, 0.2) is 0 Å². The summed E-state index contributed by atoms with van der Waals surface area (Å²) in [5, 5.41) is 9.68. The lowest BCUT2D eigenvalue weighted by atomic mass is 10.1. The Hall–Kier alpha value is -2.49. The van der Waals surface area contributed by atoms with Crippen molar-refractivity contribution in [1.82, 2.24) is 0 Å². The summed E-state index contributed by atoms with van der Waals surface area (Å²) in [7, 11) is 1.49. The topological polar surface area (TPSA) is 55.8 Å². The third-order valence-electron chi connectivity index (χ3n) is 2.91. The normalized spacial score (nSPS) is 10.1. The standard InChI is InChI=1S/C16H16O4/c1-11-3-5-12(6-4-11)10-20-16(18)14-9-13(19-2)7-8-15(14)17/h3-9,17H,10H2,1-2H3. The molecule has 104 valence electrons. The van der Waals surface area contributed by atoms with Crippen molar-refractivity contribution >= 4 is 5.97 Å². The zero-order valence-electron chi connectivity index (χ0n) is 11.4. The monoisotopic (exact) mass is 272 g/mol. The van der Waals surface area contributed by atoms with E-state index in [0.29, 0.717) is 5.75 Å². The van der Waals surface area contributed by atoms with Crippen molar-refractivity contribution < 1.29 is 19.4 Å². The van der Waals surface area contributed by atoms with Gasteiger partial charge < -0.3 is 14.6 Å². The molecule has 2 aromatic rings. The van der Waals surface area contributed by atoms with E-state index in [1.54, 1.807) is 6.07 Å². The third-order valence-corrected chi connectivity index (χ3v) is 2.91. The number of methoxy groups -OCH3 is 1. The summed E-state index contributed by atoms with van der Waals surface area (Å²) >= 11 is 0. The van der Waals surface area contributed by atoms with E-state index >= 15 is 0 Å². The molecule has 0 atom stereocenters. The van der Waals surface area contributed by atoms with Gasteiger partial charge in [0.25, 0.3) is 0 Å². The molecular weight excluding hydrogens is 256 g/mol. The molecular formula is C16H16O4. The Morgan fingerprint density at radius 1 is 1.15 bits per heavy atom. The molecule has 0 saturated carbocycles. The largest absolute Gasteiger partial charge is 0.507 e. The lowest BCUT2D eigenvalue weighted by Gasteiger charge is -2.08. The predicted octanol–water partition coefficient (Wildman–Crippen LogP) is 3.07. The second kappa shape index (κ2) is 6.10. The maximum absolute atomic E-state index is 11.9. The van der Waals surface area contributed by atoms with E-state index in [4.69, 9.17) is 9.47 Å². The molecule has 0 aliphatic rings. The van der Waals surface area contributed by atoms with E-state index in [1.807, 2.05) is 31.2 Å². The number of aryl methyl sites for hydroxylation is 1. The van der Waals surface area contributed by atoms with Gasteiger partial charge in [-0.05, 0) is 30.7 Å². The number of hydrogen-bond donors (Lipinski definition) is 1. The maximum Gasteiger partial charge on any atom is 0.342 e. The molecule has 0 aliphatic carbocycles. The van der Waals surface area contributed by atoms with Crippen LogP contribution in [0, 0.1) is 6.92 Å². The molecule has 2 aromatic carbocycles. The Morgan fingerprint density at radius 2 is 1.85 bits per heavy atom. The fraction of sp³-hybridized carbons (Fsp3) is 0.188. The fourth-order valence-electron chi connectivity index (χ4n) is 1.72. The number of phenols is 1. The highest BCUT2D eigenvalue weighted by atomic mass is 16.5. The van der Waals surface area contributed by atoms with Crippen LogP contribution in [0.1, 0.15) is 21.5 Å². The molecule has 4 nitrogen and oxygen atoms in total. The van der Waals surface area contributed by atoms with Gasteiger partial charge >= 0.3 is 5.97 Å². The van der Waals surface area contributed by atoms with Crippen molar-refractivity contribution in [1.29, 1.82) is 0 Å². The molecule has 2 rings (SSSR count). The van der Waals surface area contributed by atoms with E-state index in [0.717, 1.165) is 11.1 Å². The quantitative estimate of drug-likeness (QED) is 0.869. The predicted molar refractivity (Wildman–Crippen MR) is 75.0 cm³/mol. The maximum atomic E-state index is 11.9. The molecule has 0 aliphatic heterocycles. The average Bonchev–Trinajstić information content (AvgIpc) is 2.47. The summed E-state index contributed by atoms with van der Waals surface area (Å²) in [6.45, 7) is 2.15. The molecule has 1 N–H and O–H groups in total. The Kier molecular flexibility index (Phi) is 4.25. The Bertz CT molecular complexity index is 602. The van der Waals surface area contributed by atoms with E-state index in [1.165, 1.54) is 19.2 Å². The first-order valence-electron chi connectivity index (χ1n) is 6.20. The molecule has 4 heteroatoms. The summed E-state index contributed by atoms with van der Waals surface area (Å²) in [6.07, 6.45) is 0. The van der Waals surface area contributed by atoms with Crippen LogP contribution in [-0.2, 0) is 11.3 Å². The molecule has 0 radical (unpaired) electrons. The van der Waals surface area contributed by atoms with Gasteiger partial charge in [-0.15, -0.1) is 0 Å². The minimum Gasteiger partial charge on any atom is -0.507 e. The van der Waals surface area contributed by atoms with Crippen molar-refractivity contribution in [2.75, 3.05) is 7.11 Å². The van der Waals surface area contributed by atoms with Crippen LogP contribution in [0.2, 0.25) is 0 Å². The second-order valence-corrected chi connectivity index (χ2v) is 4.44. The summed E-state index contributed by atoms with van der Waals surface area (Å²) in [4.78, 5) is 11.9. The van der Waals surface area contributed by atoms with E-state index in [9.17, 15) is 9.90 Å². The molecule has 0 bridgehead atoms. The van der Waals surface area contributed by atoms with Crippen LogP contribution in [0.4, 0.5) is 0 Å². The van der Waals surface area contributed by atoms with Crippen LogP contribution in [0.5, 0.6) is 11.5 Å². The molecule has 0 fully saturated rings. The molecule has 0 aromatic heterocycles. The van der Waals surface area contributed by atoms with Crippen LogP contribution in [0.15, 0.2) is 42.5 Å². The van der Waals surface area contributed by atoms with Gasteiger partial charge in [-0.1, -0.05) is 29.8 Å². The Balaban J connectivity index is 2.06. The Morgan fingerprint density at radius 3 is 2.50 bits per heavy atom. The number of esters is 1. The lowest BCUT2D eigenvalue weighted by molar-refractivity contribution is 0.0469. The molecule has 0 unspecified atom stereocenters. The van der Waals surface area contributed by atoms with E-state index < -0.39 is 5.97 Å². The minimum absolute atomic E-state index is 0.0939. The molecule has 0 spiro atoms. The molecule has 0 amide bonds. The number of carbonyl (C=O) groups is 1. The smallest absolute Gasteiger partial charge is 0.342 e. The zero-order chi connectivity index (χ0) is 14.5. The minimum atomic E-state index is -0.582. The van der Waals surface area contributed by atoms with Crippen LogP contribution in [0.3, 0.4) is 0 Å². The lowest BCUT2D eigenvalue weighted by Crippen LogP contribution is -2.06. The van der Waals surface area contributed by atoms with Gasteiger partial charge in [0.2, 0.25) is 0 Å². The first-order valence-corrected chi connectivity index (χ1v) is 6.20. The van der Waals surface area contributed by atoms with Gasteiger partial charge in [0.1, 0.15) is 23.7 Å². The van der Waals surface area contributed by atoms with Crippen LogP contribution >= 0.6 is 0 Å². The van der Waals surface area contributed by atoms with Gasteiger partial charge in [0.05, 0.1) is 7.11 Å². The summed E-state index contributed by atoms with van der Waals surface area (Å²) in [5.41, 5.74) is 2.13. The number of benzene rings is 2. The number of phenolic OH excluding ortho intramolecular Hbond substituents is 1. The van der Waals surface area contributed by atoms with E-state index in [-0.39, 0.29) is 17.9 Å². The van der Waals surface area contributed by atoms with Gasteiger partial charge in [-0.2, -0.15) is 0 Å².